The van der Waals surface area contributed by atoms with Gasteiger partial charge in [0.25, 0.3) is 0 Å². The molecule has 6 heteroatoms. The zero-order valence-corrected chi connectivity index (χ0v) is 12.3. The number of alkyl halides is 1. The van der Waals surface area contributed by atoms with E-state index in [2.05, 4.69) is 4.74 Å². The van der Waals surface area contributed by atoms with Gasteiger partial charge in [0.2, 0.25) is 6.17 Å². The second-order valence-electron chi connectivity index (χ2n) is 4.47. The van der Waals surface area contributed by atoms with Crippen molar-refractivity contribution in [1.29, 1.82) is 0 Å². The van der Waals surface area contributed by atoms with Gasteiger partial charge in [-0.05, 0) is 41.5 Å². The number of esters is 1. The van der Waals surface area contributed by atoms with Gasteiger partial charge < -0.3 is 15.6 Å². The van der Waals surface area contributed by atoms with Crippen LogP contribution in [0.4, 0.5) is 4.39 Å². The van der Waals surface area contributed by atoms with Crippen molar-refractivity contribution in [2.45, 2.75) is 19.1 Å². The minimum absolute atomic E-state index is 0. The average Bonchev–Trinajstić information content (AvgIpc) is 2.45. The molecule has 0 radical (unpaired) electrons. The van der Waals surface area contributed by atoms with E-state index in [1.54, 1.807) is 37.3 Å². The molecule has 2 aromatic rings. The highest BCUT2D eigenvalue weighted by atomic mass is 35.5. The van der Waals surface area contributed by atoms with Crippen LogP contribution >= 0.6 is 12.4 Å². The first kappa shape index (κ1) is 17.2. The zero-order chi connectivity index (χ0) is 14.7. The SMILES string of the molecule is CCOC(=O)C(F)[C@@H](N)c1ccc2cc(O)ccc2c1.Cl. The number of phenols is 1. The summed E-state index contributed by atoms with van der Waals surface area (Å²) in [5.41, 5.74) is 6.27. The van der Waals surface area contributed by atoms with Gasteiger partial charge >= 0.3 is 5.97 Å². The van der Waals surface area contributed by atoms with Gasteiger partial charge in [-0.1, -0.05) is 18.2 Å². The molecule has 2 atom stereocenters. The van der Waals surface area contributed by atoms with Crippen molar-refractivity contribution < 1.29 is 19.0 Å². The van der Waals surface area contributed by atoms with Gasteiger partial charge in [-0.3, -0.25) is 0 Å². The monoisotopic (exact) mass is 313 g/mol. The van der Waals surface area contributed by atoms with E-state index in [0.717, 1.165) is 10.8 Å². The summed E-state index contributed by atoms with van der Waals surface area (Å²) in [6.07, 6.45) is -1.90. The quantitative estimate of drug-likeness (QED) is 0.851. The first-order valence-corrected chi connectivity index (χ1v) is 6.32. The Balaban J connectivity index is 0.00000220. The number of hydrogen-bond acceptors (Lipinski definition) is 4. The second-order valence-corrected chi connectivity index (χ2v) is 4.47. The molecule has 0 saturated heterocycles. The van der Waals surface area contributed by atoms with E-state index in [1.807, 2.05) is 0 Å². The molecule has 21 heavy (non-hydrogen) atoms. The summed E-state index contributed by atoms with van der Waals surface area (Å²) in [7, 11) is 0. The molecule has 3 N–H and O–H groups in total. The lowest BCUT2D eigenvalue weighted by Crippen LogP contribution is -2.31. The summed E-state index contributed by atoms with van der Waals surface area (Å²) in [6, 6.07) is 8.83. The number of halogens is 2. The summed E-state index contributed by atoms with van der Waals surface area (Å²) in [5.74, 6) is -0.796. The predicted molar refractivity (Wildman–Crippen MR) is 81.3 cm³/mol. The van der Waals surface area contributed by atoms with Gasteiger partial charge in [-0.25, -0.2) is 9.18 Å². The van der Waals surface area contributed by atoms with E-state index < -0.39 is 18.2 Å². The standard InChI is InChI=1S/C15H16FNO3.ClH/c1-2-20-15(19)13(16)14(17)11-4-3-10-8-12(18)6-5-9(10)7-11;/h3-8,13-14,18H,2,17H2,1H3;1H/t13?,14-;/m0./s1. The Kier molecular flexibility index (Phi) is 5.93. The van der Waals surface area contributed by atoms with Crippen molar-refractivity contribution in [3.63, 3.8) is 0 Å². The lowest BCUT2D eigenvalue weighted by molar-refractivity contribution is -0.149. The number of phenolic OH excluding ortho intramolecular Hbond substituents is 1. The Morgan fingerprint density at radius 1 is 1.29 bits per heavy atom. The largest absolute Gasteiger partial charge is 0.508 e. The van der Waals surface area contributed by atoms with Gasteiger partial charge in [0.05, 0.1) is 12.6 Å². The first-order chi connectivity index (χ1) is 9.52. The highest BCUT2D eigenvalue weighted by molar-refractivity contribution is 5.85. The van der Waals surface area contributed by atoms with Crippen LogP contribution in [0.15, 0.2) is 36.4 Å². The van der Waals surface area contributed by atoms with Crippen LogP contribution in [-0.2, 0) is 9.53 Å². The van der Waals surface area contributed by atoms with Crippen LogP contribution in [0, 0.1) is 0 Å². The maximum absolute atomic E-state index is 13.9. The van der Waals surface area contributed by atoms with Crippen LogP contribution in [0.25, 0.3) is 10.8 Å². The molecule has 0 spiro atoms. The minimum atomic E-state index is -1.90. The van der Waals surface area contributed by atoms with Crippen molar-refractivity contribution >= 4 is 29.1 Å². The van der Waals surface area contributed by atoms with Crippen LogP contribution in [0.5, 0.6) is 5.75 Å². The molecular weight excluding hydrogens is 297 g/mol. The smallest absolute Gasteiger partial charge is 0.342 e. The number of aromatic hydroxyl groups is 1. The lowest BCUT2D eigenvalue weighted by Gasteiger charge is -2.16. The Labute approximate surface area is 128 Å². The number of fused-ring (bicyclic) bond motifs is 1. The van der Waals surface area contributed by atoms with Gasteiger partial charge in [-0.15, -0.1) is 12.4 Å². The average molecular weight is 314 g/mol. The number of hydrogen-bond donors (Lipinski definition) is 2. The second kappa shape index (κ2) is 7.24. The Bertz CT molecular complexity index is 635. The molecule has 0 bridgehead atoms. The molecular formula is C15H17ClFNO3. The molecule has 2 rings (SSSR count). The van der Waals surface area contributed by atoms with Crippen LogP contribution in [-0.4, -0.2) is 23.9 Å². The summed E-state index contributed by atoms with van der Waals surface area (Å²) in [6.45, 7) is 1.72. The number of carbonyl (C=O) groups excluding carboxylic acids is 1. The highest BCUT2D eigenvalue weighted by Crippen LogP contribution is 2.25. The molecule has 0 amide bonds. The first-order valence-electron chi connectivity index (χ1n) is 6.32. The molecule has 0 heterocycles. The molecule has 0 aliphatic heterocycles. The van der Waals surface area contributed by atoms with Crippen molar-refractivity contribution in [1.82, 2.24) is 0 Å². The fourth-order valence-electron chi connectivity index (χ4n) is 2.00. The third-order valence-electron chi connectivity index (χ3n) is 3.06. The van der Waals surface area contributed by atoms with Gasteiger partial charge in [0.1, 0.15) is 5.75 Å². The van der Waals surface area contributed by atoms with Crippen molar-refractivity contribution in [2.24, 2.45) is 5.73 Å². The summed E-state index contributed by atoms with van der Waals surface area (Å²) >= 11 is 0. The molecule has 0 aromatic heterocycles. The van der Waals surface area contributed by atoms with Gasteiger partial charge in [0.15, 0.2) is 0 Å². The van der Waals surface area contributed by atoms with Crippen LogP contribution in [0.3, 0.4) is 0 Å². The van der Waals surface area contributed by atoms with E-state index in [9.17, 15) is 14.3 Å². The van der Waals surface area contributed by atoms with Crippen molar-refractivity contribution in [3.05, 3.63) is 42.0 Å². The third-order valence-corrected chi connectivity index (χ3v) is 3.06. The normalized spacial score (nSPS) is 13.3. The third kappa shape index (κ3) is 3.83. The number of carbonyl (C=O) groups is 1. The Hall–Kier alpha value is -1.85. The molecule has 0 saturated carbocycles. The molecule has 1 unspecified atom stereocenters. The van der Waals surface area contributed by atoms with Gasteiger partial charge in [-0.2, -0.15) is 0 Å². The highest BCUT2D eigenvalue weighted by Gasteiger charge is 2.27. The van der Waals surface area contributed by atoms with Crippen molar-refractivity contribution in [3.8, 4) is 5.75 Å². The Morgan fingerprint density at radius 3 is 2.57 bits per heavy atom. The summed E-state index contributed by atoms with van der Waals surface area (Å²) in [4.78, 5) is 11.4. The molecule has 0 aliphatic carbocycles. The maximum atomic E-state index is 13.9. The topological polar surface area (TPSA) is 72.5 Å². The number of benzene rings is 2. The van der Waals surface area contributed by atoms with Crippen LogP contribution < -0.4 is 5.73 Å². The number of nitrogens with two attached hydrogens (primary N) is 1. The fourth-order valence-corrected chi connectivity index (χ4v) is 2.00. The molecule has 0 fully saturated rings. The summed E-state index contributed by atoms with van der Waals surface area (Å²) in [5, 5.41) is 11.0. The van der Waals surface area contributed by atoms with Crippen molar-refractivity contribution in [2.75, 3.05) is 6.61 Å². The molecule has 4 nitrogen and oxygen atoms in total. The van der Waals surface area contributed by atoms with E-state index in [4.69, 9.17) is 5.73 Å². The molecule has 2 aromatic carbocycles. The zero-order valence-electron chi connectivity index (χ0n) is 11.5. The number of rotatable bonds is 4. The Morgan fingerprint density at radius 2 is 1.90 bits per heavy atom. The minimum Gasteiger partial charge on any atom is -0.508 e. The lowest BCUT2D eigenvalue weighted by atomic mass is 9.99. The maximum Gasteiger partial charge on any atom is 0.342 e. The summed E-state index contributed by atoms with van der Waals surface area (Å²) < 4.78 is 18.5. The van der Waals surface area contributed by atoms with Crippen LogP contribution in [0.1, 0.15) is 18.5 Å². The predicted octanol–water partition coefficient (Wildman–Crippen LogP) is 2.87. The van der Waals surface area contributed by atoms with E-state index in [-0.39, 0.29) is 24.8 Å². The van der Waals surface area contributed by atoms with Gasteiger partial charge in [0, 0.05) is 0 Å². The van der Waals surface area contributed by atoms with Crippen LogP contribution in [0.2, 0.25) is 0 Å². The molecule has 114 valence electrons. The fraction of sp³-hybridized carbons (Fsp3) is 0.267. The van der Waals surface area contributed by atoms with E-state index in [1.165, 1.54) is 6.07 Å². The molecule has 0 aliphatic rings. The number of ether oxygens (including phenoxy) is 1. The van der Waals surface area contributed by atoms with E-state index >= 15 is 0 Å². The van der Waals surface area contributed by atoms with E-state index in [0.29, 0.717) is 5.56 Å².